The minimum atomic E-state index is -1.00. The van der Waals surface area contributed by atoms with Crippen LogP contribution in [0.4, 0.5) is 30.2 Å². The summed E-state index contributed by atoms with van der Waals surface area (Å²) in [7, 11) is 0. The summed E-state index contributed by atoms with van der Waals surface area (Å²) >= 11 is 3.24. The molecule has 2 aromatic carbocycles. The van der Waals surface area contributed by atoms with E-state index in [4.69, 9.17) is 5.73 Å². The van der Waals surface area contributed by atoms with E-state index in [9.17, 15) is 13.2 Å². The van der Waals surface area contributed by atoms with E-state index in [0.717, 1.165) is 5.56 Å². The lowest BCUT2D eigenvalue weighted by Crippen LogP contribution is -2.01. The topological polar surface area (TPSA) is 38.0 Å². The lowest BCUT2D eigenvalue weighted by atomic mass is 10.1. The summed E-state index contributed by atoms with van der Waals surface area (Å²) in [6, 6.07) is 4.49. The van der Waals surface area contributed by atoms with Crippen molar-refractivity contribution in [1.82, 2.24) is 0 Å². The van der Waals surface area contributed by atoms with Crippen LogP contribution in [-0.4, -0.2) is 0 Å². The van der Waals surface area contributed by atoms with Gasteiger partial charge in [0.1, 0.15) is 11.5 Å². The number of rotatable bonds is 2. The lowest BCUT2D eigenvalue weighted by molar-refractivity contribution is 0.549. The third kappa shape index (κ3) is 2.84. The molecule has 6 heteroatoms. The maximum atomic E-state index is 13.5. The molecule has 0 unspecified atom stereocenters. The second-order valence-corrected chi connectivity index (χ2v) is 4.91. The van der Waals surface area contributed by atoms with Crippen LogP contribution in [0.1, 0.15) is 5.56 Å². The third-order valence-corrected chi connectivity index (χ3v) is 3.28. The predicted molar refractivity (Wildman–Crippen MR) is 72.9 cm³/mol. The van der Waals surface area contributed by atoms with Gasteiger partial charge in [-0.05, 0) is 40.5 Å². The van der Waals surface area contributed by atoms with Crippen molar-refractivity contribution in [3.8, 4) is 0 Å². The molecule has 2 rings (SSSR count). The number of hydrogen-bond donors (Lipinski definition) is 2. The Kier molecular flexibility index (Phi) is 3.71. The Morgan fingerprint density at radius 2 is 1.63 bits per heavy atom. The molecule has 0 saturated heterocycles. The van der Waals surface area contributed by atoms with Crippen molar-refractivity contribution in [1.29, 1.82) is 0 Å². The summed E-state index contributed by atoms with van der Waals surface area (Å²) in [5.74, 6) is -2.97. The highest BCUT2D eigenvalue weighted by Gasteiger charge is 2.13. The molecule has 0 atom stereocenters. The zero-order valence-electron chi connectivity index (χ0n) is 9.90. The number of benzene rings is 2. The number of aryl methyl sites for hydroxylation is 1. The highest BCUT2D eigenvalue weighted by atomic mass is 79.9. The number of nitrogens with one attached hydrogen (secondary N) is 1. The minimum Gasteiger partial charge on any atom is -0.398 e. The van der Waals surface area contributed by atoms with Crippen LogP contribution in [0.5, 0.6) is 0 Å². The Hall–Kier alpha value is -1.69. The molecule has 0 aliphatic rings. The molecular weight excluding hydrogens is 321 g/mol. The molecule has 0 aliphatic carbocycles. The van der Waals surface area contributed by atoms with Crippen molar-refractivity contribution in [3.05, 3.63) is 51.8 Å². The quantitative estimate of drug-likeness (QED) is 0.795. The molecule has 0 bridgehead atoms. The minimum absolute atomic E-state index is 0.411. The van der Waals surface area contributed by atoms with Gasteiger partial charge in [0.2, 0.25) is 0 Å². The van der Waals surface area contributed by atoms with Crippen LogP contribution < -0.4 is 11.1 Å². The van der Waals surface area contributed by atoms with Crippen LogP contribution in [0, 0.1) is 24.4 Å². The normalized spacial score (nSPS) is 10.6. The number of halogens is 4. The summed E-state index contributed by atoms with van der Waals surface area (Å²) in [5, 5.41) is 2.58. The zero-order valence-corrected chi connectivity index (χ0v) is 11.5. The molecule has 19 heavy (non-hydrogen) atoms. The Morgan fingerprint density at radius 1 is 1.05 bits per heavy atom. The Balaban J connectivity index is 2.45. The van der Waals surface area contributed by atoms with Crippen molar-refractivity contribution in [2.45, 2.75) is 6.92 Å². The average Bonchev–Trinajstić information content (AvgIpc) is 2.29. The van der Waals surface area contributed by atoms with E-state index < -0.39 is 23.1 Å². The van der Waals surface area contributed by atoms with Gasteiger partial charge < -0.3 is 11.1 Å². The Morgan fingerprint density at radius 3 is 2.21 bits per heavy atom. The monoisotopic (exact) mass is 330 g/mol. The van der Waals surface area contributed by atoms with Gasteiger partial charge in [0.15, 0.2) is 11.6 Å². The van der Waals surface area contributed by atoms with Gasteiger partial charge in [0, 0.05) is 22.3 Å². The molecule has 2 nitrogen and oxygen atoms in total. The number of hydrogen-bond acceptors (Lipinski definition) is 2. The zero-order chi connectivity index (χ0) is 14.2. The highest BCUT2D eigenvalue weighted by Crippen LogP contribution is 2.32. The maximum absolute atomic E-state index is 13.5. The fraction of sp³-hybridized carbons (Fsp3) is 0.0769. The number of nitrogens with two attached hydrogens (primary N) is 1. The van der Waals surface area contributed by atoms with Gasteiger partial charge in [0.25, 0.3) is 0 Å². The molecule has 0 fully saturated rings. The van der Waals surface area contributed by atoms with E-state index in [1.807, 2.05) is 0 Å². The summed E-state index contributed by atoms with van der Waals surface area (Å²) in [6.45, 7) is 1.77. The standard InChI is InChI=1S/C13H10BrF3N2/c1-6-2-12(8(14)5-11(6)18)19-13-9(16)3-7(15)4-10(13)17/h2-5,19H,18H2,1H3. The second-order valence-electron chi connectivity index (χ2n) is 4.06. The van der Waals surface area contributed by atoms with Crippen molar-refractivity contribution in [3.63, 3.8) is 0 Å². The van der Waals surface area contributed by atoms with Crippen molar-refractivity contribution in [2.24, 2.45) is 0 Å². The van der Waals surface area contributed by atoms with E-state index in [2.05, 4.69) is 21.2 Å². The summed E-state index contributed by atoms with van der Waals surface area (Å²) in [5.41, 5.74) is 7.05. The number of anilines is 3. The summed E-state index contributed by atoms with van der Waals surface area (Å²) < 4.78 is 40.4. The molecule has 0 aromatic heterocycles. The maximum Gasteiger partial charge on any atom is 0.152 e. The van der Waals surface area contributed by atoms with E-state index in [0.29, 0.717) is 28.0 Å². The first-order chi connectivity index (χ1) is 8.88. The first-order valence-corrected chi connectivity index (χ1v) is 6.15. The van der Waals surface area contributed by atoms with Crippen LogP contribution in [0.2, 0.25) is 0 Å². The Bertz CT molecular complexity index is 621. The fourth-order valence-electron chi connectivity index (χ4n) is 1.59. The van der Waals surface area contributed by atoms with Gasteiger partial charge >= 0.3 is 0 Å². The molecule has 0 saturated carbocycles. The summed E-state index contributed by atoms with van der Waals surface area (Å²) in [4.78, 5) is 0. The third-order valence-electron chi connectivity index (χ3n) is 2.62. The first kappa shape index (κ1) is 13.7. The van der Waals surface area contributed by atoms with E-state index >= 15 is 0 Å². The van der Waals surface area contributed by atoms with Gasteiger partial charge in [-0.1, -0.05) is 0 Å². The molecule has 0 aliphatic heterocycles. The van der Waals surface area contributed by atoms with Gasteiger partial charge in [-0.25, -0.2) is 13.2 Å². The van der Waals surface area contributed by atoms with Crippen molar-refractivity contribution in [2.75, 3.05) is 11.1 Å². The van der Waals surface area contributed by atoms with Crippen LogP contribution >= 0.6 is 15.9 Å². The van der Waals surface area contributed by atoms with E-state index in [1.54, 1.807) is 19.1 Å². The van der Waals surface area contributed by atoms with Crippen LogP contribution in [0.25, 0.3) is 0 Å². The van der Waals surface area contributed by atoms with Crippen molar-refractivity contribution >= 4 is 33.0 Å². The first-order valence-electron chi connectivity index (χ1n) is 5.35. The molecule has 3 N–H and O–H groups in total. The Labute approximate surface area is 116 Å². The highest BCUT2D eigenvalue weighted by molar-refractivity contribution is 9.10. The molecule has 100 valence electrons. The van der Waals surface area contributed by atoms with Crippen LogP contribution in [0.15, 0.2) is 28.7 Å². The smallest absolute Gasteiger partial charge is 0.152 e. The predicted octanol–water partition coefficient (Wildman–Crippen LogP) is 4.50. The molecule has 0 amide bonds. The van der Waals surface area contributed by atoms with Crippen molar-refractivity contribution < 1.29 is 13.2 Å². The molecule has 0 heterocycles. The van der Waals surface area contributed by atoms with E-state index in [-0.39, 0.29) is 0 Å². The molecule has 0 radical (unpaired) electrons. The number of nitrogen functional groups attached to an aromatic ring is 1. The van der Waals surface area contributed by atoms with Gasteiger partial charge in [-0.3, -0.25) is 0 Å². The van der Waals surface area contributed by atoms with Gasteiger partial charge in [-0.15, -0.1) is 0 Å². The van der Waals surface area contributed by atoms with Crippen LogP contribution in [-0.2, 0) is 0 Å². The molecular formula is C13H10BrF3N2. The van der Waals surface area contributed by atoms with Crippen LogP contribution in [0.3, 0.4) is 0 Å². The molecule has 0 spiro atoms. The van der Waals surface area contributed by atoms with Gasteiger partial charge in [-0.2, -0.15) is 0 Å². The second kappa shape index (κ2) is 5.13. The lowest BCUT2D eigenvalue weighted by Gasteiger charge is -2.12. The van der Waals surface area contributed by atoms with Gasteiger partial charge in [0.05, 0.1) is 5.69 Å². The SMILES string of the molecule is Cc1cc(Nc2c(F)cc(F)cc2F)c(Br)cc1N. The fourth-order valence-corrected chi connectivity index (χ4v) is 2.05. The van der Waals surface area contributed by atoms with E-state index in [1.165, 1.54) is 0 Å². The largest absolute Gasteiger partial charge is 0.398 e. The summed E-state index contributed by atoms with van der Waals surface area (Å²) in [6.07, 6.45) is 0. The average molecular weight is 331 g/mol. The molecule has 2 aromatic rings.